The Morgan fingerprint density at radius 2 is 2.29 bits per heavy atom. The number of imidazole rings is 1. The van der Waals surface area contributed by atoms with Crippen molar-refractivity contribution in [3.8, 4) is 0 Å². The van der Waals surface area contributed by atoms with E-state index in [0.29, 0.717) is 6.04 Å². The van der Waals surface area contributed by atoms with Gasteiger partial charge in [0.2, 0.25) is 0 Å². The summed E-state index contributed by atoms with van der Waals surface area (Å²) in [4.78, 5) is 12.2. The molecule has 0 radical (unpaired) electrons. The van der Waals surface area contributed by atoms with Crippen molar-refractivity contribution in [1.29, 1.82) is 0 Å². The molecule has 1 aromatic carbocycles. The fourth-order valence-electron chi connectivity index (χ4n) is 2.52. The van der Waals surface area contributed by atoms with Crippen LogP contribution in [0.4, 0.5) is 5.69 Å². The van der Waals surface area contributed by atoms with Gasteiger partial charge in [-0.3, -0.25) is 0 Å². The molecule has 3 rings (SSSR count). The number of fused-ring (bicyclic) bond motifs is 1. The fraction of sp³-hybridized carbons (Fsp3) is 0.462. The summed E-state index contributed by atoms with van der Waals surface area (Å²) in [5, 5.41) is 0. The van der Waals surface area contributed by atoms with Gasteiger partial charge in [-0.15, -0.1) is 0 Å². The van der Waals surface area contributed by atoms with Crippen LogP contribution < -0.4 is 4.90 Å². The highest BCUT2D eigenvalue weighted by Crippen LogP contribution is 2.24. The zero-order valence-corrected chi connectivity index (χ0v) is 10.3. The number of hydrogen-bond acceptors (Lipinski definition) is 3. The van der Waals surface area contributed by atoms with E-state index in [-0.39, 0.29) is 0 Å². The van der Waals surface area contributed by atoms with Crippen molar-refractivity contribution >= 4 is 16.7 Å². The van der Waals surface area contributed by atoms with Crippen molar-refractivity contribution < 1.29 is 0 Å². The van der Waals surface area contributed by atoms with Crippen molar-refractivity contribution in [3.63, 3.8) is 0 Å². The summed E-state index contributed by atoms with van der Waals surface area (Å²) in [7, 11) is 4.32. The predicted octanol–water partition coefficient (Wildman–Crippen LogP) is 1.70. The van der Waals surface area contributed by atoms with Crippen LogP contribution in [0.15, 0.2) is 24.5 Å². The Kier molecular flexibility index (Phi) is 2.52. The molecule has 1 atom stereocenters. The molecule has 0 bridgehead atoms. The molecule has 17 heavy (non-hydrogen) atoms. The lowest BCUT2D eigenvalue weighted by atomic mass is 10.2. The molecule has 90 valence electrons. The Morgan fingerprint density at radius 3 is 3.06 bits per heavy atom. The quantitative estimate of drug-likeness (QED) is 0.853. The van der Waals surface area contributed by atoms with E-state index in [0.717, 1.165) is 24.1 Å². The minimum absolute atomic E-state index is 0.674. The molecule has 1 N–H and O–H groups in total. The minimum Gasteiger partial charge on any atom is -0.370 e. The lowest BCUT2D eigenvalue weighted by molar-refractivity contribution is 0.315. The maximum absolute atomic E-state index is 4.25. The van der Waals surface area contributed by atoms with Crippen molar-refractivity contribution in [1.82, 2.24) is 14.9 Å². The third-order valence-electron chi connectivity index (χ3n) is 3.66. The standard InChI is InChI=1S/C13H18N4/c1-16(2)11-5-6-17(8-11)10-3-4-12-13(7-10)15-9-14-12/h3-4,7,9,11H,5-6,8H2,1-2H3,(H,14,15)/t11-/m0/s1. The van der Waals surface area contributed by atoms with Crippen molar-refractivity contribution in [2.24, 2.45) is 0 Å². The summed E-state index contributed by atoms with van der Waals surface area (Å²) in [5.41, 5.74) is 3.46. The predicted molar refractivity (Wildman–Crippen MR) is 70.4 cm³/mol. The van der Waals surface area contributed by atoms with E-state index in [9.17, 15) is 0 Å². The second kappa shape index (κ2) is 4.04. The molecule has 0 unspecified atom stereocenters. The SMILES string of the molecule is CN(C)[C@H]1CCN(c2ccc3nc[nH]c3c2)C1. The zero-order valence-electron chi connectivity index (χ0n) is 10.3. The molecule has 0 saturated carbocycles. The summed E-state index contributed by atoms with van der Waals surface area (Å²) in [5.74, 6) is 0. The van der Waals surface area contributed by atoms with E-state index in [1.807, 2.05) is 0 Å². The van der Waals surface area contributed by atoms with Gasteiger partial charge in [0.05, 0.1) is 17.4 Å². The molecule has 0 amide bonds. The van der Waals surface area contributed by atoms with Crippen LogP contribution in [-0.2, 0) is 0 Å². The molecule has 0 aliphatic carbocycles. The van der Waals surface area contributed by atoms with Crippen LogP contribution in [0.5, 0.6) is 0 Å². The number of nitrogens with zero attached hydrogens (tertiary/aromatic N) is 3. The fourth-order valence-corrected chi connectivity index (χ4v) is 2.52. The number of anilines is 1. The van der Waals surface area contributed by atoms with Crippen LogP contribution in [0.1, 0.15) is 6.42 Å². The molecule has 4 nitrogen and oxygen atoms in total. The Morgan fingerprint density at radius 1 is 1.41 bits per heavy atom. The van der Waals surface area contributed by atoms with Crippen molar-refractivity contribution in [2.75, 3.05) is 32.1 Å². The Hall–Kier alpha value is -1.55. The smallest absolute Gasteiger partial charge is 0.0931 e. The molecular formula is C13H18N4. The number of aromatic nitrogens is 2. The van der Waals surface area contributed by atoms with Gasteiger partial charge >= 0.3 is 0 Å². The van der Waals surface area contributed by atoms with E-state index in [2.05, 4.69) is 52.1 Å². The summed E-state index contributed by atoms with van der Waals surface area (Å²) < 4.78 is 0. The van der Waals surface area contributed by atoms with E-state index in [1.54, 1.807) is 6.33 Å². The van der Waals surface area contributed by atoms with E-state index >= 15 is 0 Å². The molecule has 1 aliphatic rings. The molecule has 1 fully saturated rings. The molecule has 1 saturated heterocycles. The molecule has 2 aromatic rings. The summed E-state index contributed by atoms with van der Waals surface area (Å²) in [6, 6.07) is 7.12. The largest absolute Gasteiger partial charge is 0.370 e. The number of nitrogens with one attached hydrogen (secondary N) is 1. The van der Waals surface area contributed by atoms with E-state index in [1.165, 1.54) is 12.1 Å². The third kappa shape index (κ3) is 1.89. The number of rotatable bonds is 2. The van der Waals surface area contributed by atoms with Gasteiger partial charge in [-0.05, 0) is 38.7 Å². The normalized spacial score (nSPS) is 20.6. The van der Waals surface area contributed by atoms with Crippen LogP contribution in [0, 0.1) is 0 Å². The maximum atomic E-state index is 4.25. The highest BCUT2D eigenvalue weighted by Gasteiger charge is 2.24. The van der Waals surface area contributed by atoms with Gasteiger partial charge in [-0.1, -0.05) is 0 Å². The average Bonchev–Trinajstić information content (AvgIpc) is 2.97. The summed E-state index contributed by atoms with van der Waals surface area (Å²) >= 11 is 0. The highest BCUT2D eigenvalue weighted by atomic mass is 15.2. The first-order valence-corrected chi connectivity index (χ1v) is 6.08. The molecule has 4 heteroatoms. The van der Waals surface area contributed by atoms with Gasteiger partial charge in [-0.25, -0.2) is 4.98 Å². The van der Waals surface area contributed by atoms with Crippen LogP contribution in [0.25, 0.3) is 11.0 Å². The average molecular weight is 230 g/mol. The van der Waals surface area contributed by atoms with Gasteiger partial charge in [-0.2, -0.15) is 0 Å². The van der Waals surface area contributed by atoms with Crippen molar-refractivity contribution in [2.45, 2.75) is 12.5 Å². The number of likely N-dealkylation sites (N-methyl/N-ethyl adjacent to an activating group) is 1. The van der Waals surface area contributed by atoms with Crippen molar-refractivity contribution in [3.05, 3.63) is 24.5 Å². The highest BCUT2D eigenvalue weighted by molar-refractivity contribution is 5.79. The molecule has 1 aliphatic heterocycles. The van der Waals surface area contributed by atoms with Gasteiger partial charge in [0.1, 0.15) is 0 Å². The lowest BCUT2D eigenvalue weighted by Crippen LogP contribution is -2.31. The van der Waals surface area contributed by atoms with Gasteiger partial charge in [0.15, 0.2) is 0 Å². The minimum atomic E-state index is 0.674. The van der Waals surface area contributed by atoms with Gasteiger partial charge in [0.25, 0.3) is 0 Å². The second-order valence-electron chi connectivity index (χ2n) is 4.96. The monoisotopic (exact) mass is 230 g/mol. The van der Waals surface area contributed by atoms with Crippen LogP contribution in [0.2, 0.25) is 0 Å². The van der Waals surface area contributed by atoms with E-state index < -0.39 is 0 Å². The summed E-state index contributed by atoms with van der Waals surface area (Å²) in [6.45, 7) is 2.26. The molecule has 1 aromatic heterocycles. The first kappa shape index (κ1) is 10.6. The Bertz CT molecular complexity index is 517. The maximum Gasteiger partial charge on any atom is 0.0931 e. The number of aromatic amines is 1. The second-order valence-corrected chi connectivity index (χ2v) is 4.96. The van der Waals surface area contributed by atoms with Crippen LogP contribution in [0.3, 0.4) is 0 Å². The third-order valence-corrected chi connectivity index (χ3v) is 3.66. The van der Waals surface area contributed by atoms with Crippen LogP contribution in [-0.4, -0.2) is 48.1 Å². The topological polar surface area (TPSA) is 35.2 Å². The van der Waals surface area contributed by atoms with Crippen LogP contribution >= 0.6 is 0 Å². The number of H-pyrrole nitrogens is 1. The Balaban J connectivity index is 1.84. The Labute approximate surface area is 101 Å². The lowest BCUT2D eigenvalue weighted by Gasteiger charge is -2.21. The number of benzene rings is 1. The van der Waals surface area contributed by atoms with E-state index in [4.69, 9.17) is 0 Å². The van der Waals surface area contributed by atoms with Gasteiger partial charge < -0.3 is 14.8 Å². The first-order valence-electron chi connectivity index (χ1n) is 6.08. The molecular weight excluding hydrogens is 212 g/mol. The number of hydrogen-bond donors (Lipinski definition) is 1. The summed E-state index contributed by atoms with van der Waals surface area (Å²) in [6.07, 6.45) is 3.00. The first-order chi connectivity index (χ1) is 8.24. The molecule has 0 spiro atoms. The van der Waals surface area contributed by atoms with Gasteiger partial charge in [0, 0.05) is 24.8 Å². The zero-order chi connectivity index (χ0) is 11.8. The molecule has 2 heterocycles.